The highest BCUT2D eigenvalue weighted by Gasteiger charge is 2.34. The van der Waals surface area contributed by atoms with Crippen LogP contribution in [-0.2, 0) is 14.8 Å². The molecule has 0 bridgehead atoms. The number of methoxy groups -OCH3 is 1. The number of carbonyl (C=O) groups excluding carboxylic acids is 1. The molecule has 10 heteroatoms. The van der Waals surface area contributed by atoms with Gasteiger partial charge in [0, 0.05) is 24.2 Å². The Balaban J connectivity index is 2.26. The highest BCUT2D eigenvalue weighted by atomic mass is 79.9. The van der Waals surface area contributed by atoms with Crippen LogP contribution in [0.25, 0.3) is 0 Å². The van der Waals surface area contributed by atoms with E-state index in [1.54, 1.807) is 13.0 Å². The maximum atomic E-state index is 13.1. The first kappa shape index (κ1) is 20.3. The van der Waals surface area contributed by atoms with E-state index in [2.05, 4.69) is 21.2 Å². The van der Waals surface area contributed by atoms with Crippen molar-refractivity contribution in [3.63, 3.8) is 0 Å². The highest BCUT2D eigenvalue weighted by Crippen LogP contribution is 2.37. The molecule has 0 radical (unpaired) electrons. The van der Waals surface area contributed by atoms with Gasteiger partial charge in [-0.25, -0.2) is 13.2 Å². The standard InChI is InChI=1S/C15H20BrClN2O5S/c1-3-24-15(20)18-11-5-4-6-19(9-11)25(21,22)13-8-10(17)7-12(16)14(13)23-2/h7-8,11H,3-6,9H2,1-2H3,(H,18,20). The van der Waals surface area contributed by atoms with Crippen molar-refractivity contribution < 1.29 is 22.7 Å². The minimum atomic E-state index is -3.83. The monoisotopic (exact) mass is 454 g/mol. The highest BCUT2D eigenvalue weighted by molar-refractivity contribution is 9.10. The van der Waals surface area contributed by atoms with Crippen LogP contribution in [0.2, 0.25) is 5.02 Å². The van der Waals surface area contributed by atoms with Crippen molar-refractivity contribution in [2.75, 3.05) is 26.8 Å². The zero-order chi connectivity index (χ0) is 18.6. The fourth-order valence-corrected chi connectivity index (χ4v) is 5.58. The molecule has 0 spiro atoms. The maximum absolute atomic E-state index is 13.1. The molecular weight excluding hydrogens is 436 g/mol. The molecule has 1 N–H and O–H groups in total. The molecule has 1 atom stereocenters. The molecule has 1 aliphatic rings. The minimum absolute atomic E-state index is 0.00819. The Morgan fingerprint density at radius 2 is 2.20 bits per heavy atom. The van der Waals surface area contributed by atoms with Gasteiger partial charge in [-0.2, -0.15) is 4.31 Å². The number of alkyl carbamates (subject to hydrolysis) is 1. The summed E-state index contributed by atoms with van der Waals surface area (Å²) in [6.07, 6.45) is 0.761. The lowest BCUT2D eigenvalue weighted by atomic mass is 10.1. The predicted molar refractivity (Wildman–Crippen MR) is 97.6 cm³/mol. The van der Waals surface area contributed by atoms with Gasteiger partial charge in [0.2, 0.25) is 10.0 Å². The Morgan fingerprint density at radius 3 is 2.84 bits per heavy atom. The number of hydrogen-bond acceptors (Lipinski definition) is 5. The van der Waals surface area contributed by atoms with Crippen LogP contribution in [0.1, 0.15) is 19.8 Å². The molecule has 1 saturated heterocycles. The van der Waals surface area contributed by atoms with Crippen molar-refractivity contribution in [1.82, 2.24) is 9.62 Å². The average molecular weight is 456 g/mol. The first-order chi connectivity index (χ1) is 11.8. The second-order valence-corrected chi connectivity index (χ2v) is 8.68. The van der Waals surface area contributed by atoms with E-state index in [1.807, 2.05) is 0 Å². The SMILES string of the molecule is CCOC(=O)NC1CCCN(S(=O)(=O)c2cc(Cl)cc(Br)c2OC)C1. The molecule has 7 nitrogen and oxygen atoms in total. The predicted octanol–water partition coefficient (Wildman–Crippen LogP) is 3.01. The number of ether oxygens (including phenoxy) is 2. The number of sulfonamides is 1. The van der Waals surface area contributed by atoms with Gasteiger partial charge in [-0.1, -0.05) is 11.6 Å². The number of rotatable bonds is 5. The van der Waals surface area contributed by atoms with Gasteiger partial charge in [0.25, 0.3) is 0 Å². The third kappa shape index (κ3) is 4.78. The maximum Gasteiger partial charge on any atom is 0.407 e. The lowest BCUT2D eigenvalue weighted by Crippen LogP contribution is -2.49. The molecule has 1 unspecified atom stereocenters. The third-order valence-corrected chi connectivity index (χ3v) is 6.46. The smallest absolute Gasteiger partial charge is 0.407 e. The van der Waals surface area contributed by atoms with Crippen molar-refractivity contribution in [3.05, 3.63) is 21.6 Å². The van der Waals surface area contributed by atoms with E-state index in [0.29, 0.717) is 23.9 Å². The Morgan fingerprint density at radius 1 is 1.48 bits per heavy atom. The molecule has 1 fully saturated rings. The normalized spacial score (nSPS) is 18.6. The van der Waals surface area contributed by atoms with Gasteiger partial charge in [-0.15, -0.1) is 0 Å². The van der Waals surface area contributed by atoms with Crippen LogP contribution < -0.4 is 10.1 Å². The molecule has 0 aliphatic carbocycles. The molecular formula is C15H20BrClN2O5S. The molecule has 1 aromatic rings. The summed E-state index contributed by atoms with van der Waals surface area (Å²) in [5.41, 5.74) is 0. The molecule has 0 saturated carbocycles. The minimum Gasteiger partial charge on any atom is -0.494 e. The Hall–Kier alpha value is -1.03. The van der Waals surface area contributed by atoms with E-state index in [0.717, 1.165) is 0 Å². The molecule has 0 aromatic heterocycles. The van der Waals surface area contributed by atoms with Gasteiger partial charge in [0.1, 0.15) is 4.90 Å². The Labute approximate surface area is 160 Å². The summed E-state index contributed by atoms with van der Waals surface area (Å²) in [4.78, 5) is 11.6. The van der Waals surface area contributed by atoms with Crippen LogP contribution in [-0.4, -0.2) is 51.7 Å². The lowest BCUT2D eigenvalue weighted by Gasteiger charge is -2.32. The van der Waals surface area contributed by atoms with Crippen LogP contribution in [0.5, 0.6) is 5.75 Å². The largest absolute Gasteiger partial charge is 0.494 e. The van der Waals surface area contributed by atoms with Crippen molar-refractivity contribution >= 4 is 43.6 Å². The molecule has 1 aliphatic heterocycles. The first-order valence-electron chi connectivity index (χ1n) is 7.76. The topological polar surface area (TPSA) is 84.9 Å². The Bertz CT molecular complexity index is 744. The summed E-state index contributed by atoms with van der Waals surface area (Å²) in [6, 6.07) is 2.63. The molecule has 2 rings (SSSR count). The van der Waals surface area contributed by atoms with E-state index in [9.17, 15) is 13.2 Å². The molecule has 1 aromatic carbocycles. The van der Waals surface area contributed by atoms with Crippen molar-refractivity contribution in [1.29, 1.82) is 0 Å². The van der Waals surface area contributed by atoms with Crippen LogP contribution in [0.3, 0.4) is 0 Å². The van der Waals surface area contributed by atoms with Crippen molar-refractivity contribution in [2.24, 2.45) is 0 Å². The average Bonchev–Trinajstić information content (AvgIpc) is 2.54. The fraction of sp³-hybridized carbons (Fsp3) is 0.533. The number of amides is 1. The van der Waals surface area contributed by atoms with Crippen molar-refractivity contribution in [2.45, 2.75) is 30.7 Å². The lowest BCUT2D eigenvalue weighted by molar-refractivity contribution is 0.142. The third-order valence-electron chi connectivity index (χ3n) is 3.78. The van der Waals surface area contributed by atoms with Gasteiger partial charge in [-0.3, -0.25) is 0 Å². The van der Waals surface area contributed by atoms with E-state index < -0.39 is 16.1 Å². The number of piperidine rings is 1. The molecule has 140 valence electrons. The molecule has 25 heavy (non-hydrogen) atoms. The second kappa shape index (κ2) is 8.57. The van der Waals surface area contributed by atoms with Gasteiger partial charge in [0.05, 0.1) is 18.2 Å². The fourth-order valence-electron chi connectivity index (χ4n) is 2.68. The summed E-state index contributed by atoms with van der Waals surface area (Å²) < 4.78 is 38.0. The van der Waals surface area contributed by atoms with Crippen molar-refractivity contribution in [3.8, 4) is 5.75 Å². The number of nitrogens with zero attached hydrogens (tertiary/aromatic N) is 1. The van der Waals surface area contributed by atoms with Crippen LogP contribution >= 0.6 is 27.5 Å². The summed E-state index contributed by atoms with van der Waals surface area (Å²) in [6.45, 7) is 2.49. The molecule has 1 heterocycles. The zero-order valence-electron chi connectivity index (χ0n) is 13.9. The van der Waals surface area contributed by atoms with E-state index >= 15 is 0 Å². The summed E-state index contributed by atoms with van der Waals surface area (Å²) in [7, 11) is -2.43. The van der Waals surface area contributed by atoms with Crippen LogP contribution in [0, 0.1) is 0 Å². The Kier molecular flexibility index (Phi) is 6.95. The van der Waals surface area contributed by atoms with Gasteiger partial charge in [-0.05, 0) is 47.8 Å². The second-order valence-electron chi connectivity index (χ2n) is 5.49. The number of nitrogens with one attached hydrogen (secondary N) is 1. The number of carbonyl (C=O) groups is 1. The zero-order valence-corrected chi connectivity index (χ0v) is 17.1. The van der Waals surface area contributed by atoms with Gasteiger partial charge < -0.3 is 14.8 Å². The number of hydrogen-bond donors (Lipinski definition) is 1. The number of halogens is 2. The quantitative estimate of drug-likeness (QED) is 0.738. The van der Waals surface area contributed by atoms with E-state index in [1.165, 1.54) is 17.5 Å². The summed E-state index contributed by atoms with van der Waals surface area (Å²) >= 11 is 9.28. The van der Waals surface area contributed by atoms with Gasteiger partial charge >= 0.3 is 6.09 Å². The van der Waals surface area contributed by atoms with Crippen LogP contribution in [0.4, 0.5) is 4.79 Å². The molecule has 1 amide bonds. The van der Waals surface area contributed by atoms with Gasteiger partial charge in [0.15, 0.2) is 5.75 Å². The summed E-state index contributed by atoms with van der Waals surface area (Å²) in [5, 5.41) is 2.97. The first-order valence-corrected chi connectivity index (χ1v) is 10.4. The number of benzene rings is 1. The summed E-state index contributed by atoms with van der Waals surface area (Å²) in [5.74, 6) is 0.199. The van der Waals surface area contributed by atoms with E-state index in [-0.39, 0.29) is 34.9 Å². The van der Waals surface area contributed by atoms with E-state index in [4.69, 9.17) is 21.1 Å². The van der Waals surface area contributed by atoms with Crippen LogP contribution in [0.15, 0.2) is 21.5 Å².